The van der Waals surface area contributed by atoms with Gasteiger partial charge < -0.3 is 10.6 Å². The Morgan fingerprint density at radius 2 is 1.95 bits per heavy atom. The monoisotopic (exact) mass is 277 g/mol. The zero-order valence-corrected chi connectivity index (χ0v) is 10.8. The van der Waals surface area contributed by atoms with Gasteiger partial charge in [-0.25, -0.2) is 8.78 Å². The molecule has 0 saturated heterocycles. The van der Waals surface area contributed by atoms with Gasteiger partial charge in [-0.1, -0.05) is 0 Å². The number of nitrogens with one attached hydrogen (secondary N) is 2. The minimum absolute atomic E-state index is 0.171. The van der Waals surface area contributed by atoms with Crippen molar-refractivity contribution in [1.82, 2.24) is 4.98 Å². The number of hydrogen-bond acceptors (Lipinski definition) is 3. The van der Waals surface area contributed by atoms with E-state index in [1.165, 1.54) is 12.3 Å². The third-order valence-corrected chi connectivity index (χ3v) is 2.55. The summed E-state index contributed by atoms with van der Waals surface area (Å²) < 4.78 is 25.8. The third kappa shape index (κ3) is 3.28. The van der Waals surface area contributed by atoms with Crippen LogP contribution in [0, 0.1) is 11.6 Å². The maximum atomic E-state index is 13.0. The number of rotatable bonds is 4. The van der Waals surface area contributed by atoms with Crippen molar-refractivity contribution in [2.75, 3.05) is 17.2 Å². The molecule has 104 valence electrons. The second kappa shape index (κ2) is 6.10. The number of nitrogens with zero attached hydrogens (tertiary/aromatic N) is 1. The molecule has 0 radical (unpaired) electrons. The summed E-state index contributed by atoms with van der Waals surface area (Å²) in [4.78, 5) is 15.9. The smallest absolute Gasteiger partial charge is 0.274 e. The Labute approximate surface area is 114 Å². The first-order chi connectivity index (χ1) is 9.60. The Kier molecular flexibility index (Phi) is 4.24. The second-order valence-electron chi connectivity index (χ2n) is 4.04. The van der Waals surface area contributed by atoms with Crippen LogP contribution in [-0.2, 0) is 0 Å². The van der Waals surface area contributed by atoms with E-state index in [4.69, 9.17) is 0 Å². The first-order valence-electron chi connectivity index (χ1n) is 6.06. The fraction of sp³-hybridized carbons (Fsp3) is 0.143. The molecule has 2 aromatic rings. The fourth-order valence-electron chi connectivity index (χ4n) is 1.64. The van der Waals surface area contributed by atoms with Crippen LogP contribution in [0.2, 0.25) is 0 Å². The van der Waals surface area contributed by atoms with Gasteiger partial charge in [0.05, 0.1) is 0 Å². The van der Waals surface area contributed by atoms with Crippen LogP contribution in [0.3, 0.4) is 0 Å². The van der Waals surface area contributed by atoms with Crippen LogP contribution in [0.5, 0.6) is 0 Å². The zero-order chi connectivity index (χ0) is 14.5. The molecular formula is C14H13F2N3O. The molecule has 6 heteroatoms. The standard InChI is InChI=1S/C14H13F2N3O/c1-2-17-9-5-6-18-13(8-9)14(20)19-10-3-4-11(15)12(16)7-10/h3-8H,2H2,1H3,(H,17,18)(H,19,20). The largest absolute Gasteiger partial charge is 0.385 e. The summed E-state index contributed by atoms with van der Waals surface area (Å²) in [5.41, 5.74) is 1.12. The van der Waals surface area contributed by atoms with Crippen LogP contribution in [0.25, 0.3) is 0 Å². The Balaban J connectivity index is 2.15. The van der Waals surface area contributed by atoms with Gasteiger partial charge in [0.2, 0.25) is 0 Å². The summed E-state index contributed by atoms with van der Waals surface area (Å²) in [5, 5.41) is 5.51. The third-order valence-electron chi connectivity index (χ3n) is 2.55. The van der Waals surface area contributed by atoms with Crippen molar-refractivity contribution >= 4 is 17.3 Å². The van der Waals surface area contributed by atoms with Gasteiger partial charge in [-0.15, -0.1) is 0 Å². The van der Waals surface area contributed by atoms with E-state index in [1.807, 2.05) is 6.92 Å². The number of benzene rings is 1. The number of halogens is 2. The predicted molar refractivity (Wildman–Crippen MR) is 72.7 cm³/mol. The summed E-state index contributed by atoms with van der Waals surface area (Å²) in [6.07, 6.45) is 1.50. The van der Waals surface area contributed by atoms with E-state index in [0.717, 1.165) is 17.8 Å². The predicted octanol–water partition coefficient (Wildman–Crippen LogP) is 3.04. The van der Waals surface area contributed by atoms with E-state index < -0.39 is 17.5 Å². The van der Waals surface area contributed by atoms with Crippen molar-refractivity contribution in [2.24, 2.45) is 0 Å². The molecule has 0 unspecified atom stereocenters. The van der Waals surface area contributed by atoms with E-state index in [1.54, 1.807) is 12.1 Å². The molecule has 4 nitrogen and oxygen atoms in total. The Hall–Kier alpha value is -2.50. The Bertz CT molecular complexity index is 632. The molecule has 0 aliphatic carbocycles. The highest BCUT2D eigenvalue weighted by Gasteiger charge is 2.10. The van der Waals surface area contributed by atoms with E-state index in [9.17, 15) is 13.6 Å². The quantitative estimate of drug-likeness (QED) is 0.903. The highest BCUT2D eigenvalue weighted by molar-refractivity contribution is 6.03. The van der Waals surface area contributed by atoms with Crippen LogP contribution < -0.4 is 10.6 Å². The number of carbonyl (C=O) groups is 1. The molecule has 0 fully saturated rings. The number of anilines is 2. The number of aromatic nitrogens is 1. The summed E-state index contributed by atoms with van der Waals surface area (Å²) >= 11 is 0. The van der Waals surface area contributed by atoms with Crippen LogP contribution in [0.4, 0.5) is 20.2 Å². The zero-order valence-electron chi connectivity index (χ0n) is 10.8. The van der Waals surface area contributed by atoms with Crippen LogP contribution in [0.1, 0.15) is 17.4 Å². The summed E-state index contributed by atoms with van der Waals surface area (Å²) in [7, 11) is 0. The highest BCUT2D eigenvalue weighted by atomic mass is 19.2. The molecule has 1 heterocycles. The van der Waals surface area contributed by atoms with Crippen LogP contribution in [0.15, 0.2) is 36.5 Å². The topological polar surface area (TPSA) is 54.0 Å². The molecule has 1 aromatic heterocycles. The molecular weight excluding hydrogens is 264 g/mol. The molecule has 0 saturated carbocycles. The molecule has 1 amide bonds. The molecule has 2 rings (SSSR count). The molecule has 0 aliphatic rings. The molecule has 0 aliphatic heterocycles. The number of pyridine rings is 1. The van der Waals surface area contributed by atoms with Gasteiger partial charge in [0.25, 0.3) is 5.91 Å². The van der Waals surface area contributed by atoms with Crippen LogP contribution in [-0.4, -0.2) is 17.4 Å². The highest BCUT2D eigenvalue weighted by Crippen LogP contribution is 2.15. The summed E-state index contributed by atoms with van der Waals surface area (Å²) in [6.45, 7) is 2.65. The van der Waals surface area contributed by atoms with Crippen molar-refractivity contribution in [2.45, 2.75) is 6.92 Å². The maximum absolute atomic E-state index is 13.0. The van der Waals surface area contributed by atoms with E-state index in [0.29, 0.717) is 6.54 Å². The lowest BCUT2D eigenvalue weighted by Gasteiger charge is -2.07. The molecule has 2 N–H and O–H groups in total. The van der Waals surface area contributed by atoms with Gasteiger partial charge in [0.15, 0.2) is 11.6 Å². The molecule has 0 bridgehead atoms. The van der Waals surface area contributed by atoms with E-state index >= 15 is 0 Å². The summed E-state index contributed by atoms with van der Waals surface area (Å²) in [5.74, 6) is -2.47. The second-order valence-corrected chi connectivity index (χ2v) is 4.04. The first-order valence-corrected chi connectivity index (χ1v) is 6.06. The van der Waals surface area contributed by atoms with E-state index in [-0.39, 0.29) is 11.4 Å². The fourth-order valence-corrected chi connectivity index (χ4v) is 1.64. The summed E-state index contributed by atoms with van der Waals surface area (Å²) in [6, 6.07) is 6.47. The lowest BCUT2D eigenvalue weighted by Crippen LogP contribution is -2.14. The average Bonchev–Trinajstić information content (AvgIpc) is 2.43. The maximum Gasteiger partial charge on any atom is 0.274 e. The normalized spacial score (nSPS) is 10.2. The first kappa shape index (κ1) is 13.9. The number of hydrogen-bond donors (Lipinski definition) is 2. The molecule has 0 spiro atoms. The molecule has 0 atom stereocenters. The van der Waals surface area contributed by atoms with Crippen molar-refractivity contribution < 1.29 is 13.6 Å². The van der Waals surface area contributed by atoms with Crippen molar-refractivity contribution in [1.29, 1.82) is 0 Å². The Morgan fingerprint density at radius 1 is 1.15 bits per heavy atom. The number of carbonyl (C=O) groups excluding carboxylic acids is 1. The van der Waals surface area contributed by atoms with Gasteiger partial charge in [0.1, 0.15) is 5.69 Å². The van der Waals surface area contributed by atoms with Crippen molar-refractivity contribution in [3.63, 3.8) is 0 Å². The van der Waals surface area contributed by atoms with Crippen LogP contribution >= 0.6 is 0 Å². The van der Waals surface area contributed by atoms with Gasteiger partial charge in [0, 0.05) is 30.2 Å². The van der Waals surface area contributed by atoms with Crippen molar-refractivity contribution in [3.8, 4) is 0 Å². The lowest BCUT2D eigenvalue weighted by atomic mass is 10.2. The molecule has 1 aromatic carbocycles. The minimum Gasteiger partial charge on any atom is -0.385 e. The van der Waals surface area contributed by atoms with Gasteiger partial charge in [-0.3, -0.25) is 9.78 Å². The lowest BCUT2D eigenvalue weighted by molar-refractivity contribution is 0.102. The van der Waals surface area contributed by atoms with E-state index in [2.05, 4.69) is 15.6 Å². The Morgan fingerprint density at radius 3 is 2.65 bits per heavy atom. The van der Waals surface area contributed by atoms with Gasteiger partial charge in [-0.05, 0) is 31.2 Å². The molecule has 20 heavy (non-hydrogen) atoms. The van der Waals surface area contributed by atoms with Gasteiger partial charge in [-0.2, -0.15) is 0 Å². The SMILES string of the molecule is CCNc1ccnc(C(=O)Nc2ccc(F)c(F)c2)c1. The minimum atomic E-state index is -1.02. The average molecular weight is 277 g/mol. The van der Waals surface area contributed by atoms with Gasteiger partial charge >= 0.3 is 0 Å². The number of amides is 1. The van der Waals surface area contributed by atoms with Crippen molar-refractivity contribution in [3.05, 3.63) is 53.9 Å².